The van der Waals surface area contributed by atoms with Crippen molar-refractivity contribution in [2.45, 2.75) is 57.4 Å². The highest BCUT2D eigenvalue weighted by molar-refractivity contribution is 7.13. The standard InChI is InChI=1S/C19H26N4O2S/c1-13-7-8-16(26-13)18(24)22-11-9-14(10-12-22)17-20-21(2)19(25)23(17)15-5-3-4-6-15/h7-8,14-15H,3-6,9-12H2,1-2H3. The van der Waals surface area contributed by atoms with Crippen molar-refractivity contribution in [2.24, 2.45) is 7.05 Å². The van der Waals surface area contributed by atoms with Crippen LogP contribution in [0.15, 0.2) is 16.9 Å². The Morgan fingerprint density at radius 1 is 1.15 bits per heavy atom. The fourth-order valence-electron chi connectivity index (χ4n) is 4.33. The highest BCUT2D eigenvalue weighted by Gasteiger charge is 2.31. The number of likely N-dealkylation sites (tertiary alicyclic amines) is 1. The van der Waals surface area contributed by atoms with E-state index < -0.39 is 0 Å². The molecule has 3 heterocycles. The van der Waals surface area contributed by atoms with E-state index in [1.54, 1.807) is 18.4 Å². The topological polar surface area (TPSA) is 60.1 Å². The number of nitrogens with zero attached hydrogens (tertiary/aromatic N) is 4. The van der Waals surface area contributed by atoms with Crippen molar-refractivity contribution in [1.29, 1.82) is 0 Å². The molecule has 2 aromatic heterocycles. The number of amides is 1. The van der Waals surface area contributed by atoms with Crippen molar-refractivity contribution in [1.82, 2.24) is 19.2 Å². The van der Waals surface area contributed by atoms with Crippen LogP contribution >= 0.6 is 11.3 Å². The number of rotatable bonds is 3. The fourth-order valence-corrected chi connectivity index (χ4v) is 5.16. The van der Waals surface area contributed by atoms with Crippen molar-refractivity contribution in [3.63, 3.8) is 0 Å². The summed E-state index contributed by atoms with van der Waals surface area (Å²) in [5.74, 6) is 1.33. The Kier molecular flexibility index (Phi) is 4.73. The lowest BCUT2D eigenvalue weighted by molar-refractivity contribution is 0.0714. The highest BCUT2D eigenvalue weighted by Crippen LogP contribution is 2.34. The van der Waals surface area contributed by atoms with Gasteiger partial charge < -0.3 is 4.90 Å². The molecular formula is C19H26N4O2S. The van der Waals surface area contributed by atoms with Gasteiger partial charge in [-0.1, -0.05) is 12.8 Å². The first-order chi connectivity index (χ1) is 12.5. The molecule has 1 saturated heterocycles. The molecule has 0 radical (unpaired) electrons. The van der Waals surface area contributed by atoms with Crippen LogP contribution in [0, 0.1) is 6.92 Å². The number of aryl methyl sites for hydroxylation is 2. The molecule has 26 heavy (non-hydrogen) atoms. The average Bonchev–Trinajstić information content (AvgIpc) is 3.37. The molecule has 0 aromatic carbocycles. The van der Waals surface area contributed by atoms with Crippen LogP contribution in [0.2, 0.25) is 0 Å². The molecule has 1 aliphatic carbocycles. The van der Waals surface area contributed by atoms with Crippen LogP contribution < -0.4 is 5.69 Å². The van der Waals surface area contributed by atoms with Crippen LogP contribution in [0.25, 0.3) is 0 Å². The van der Waals surface area contributed by atoms with Gasteiger partial charge in [-0.15, -0.1) is 11.3 Å². The van der Waals surface area contributed by atoms with E-state index in [1.807, 2.05) is 28.5 Å². The van der Waals surface area contributed by atoms with E-state index in [9.17, 15) is 9.59 Å². The van der Waals surface area contributed by atoms with Gasteiger partial charge in [-0.2, -0.15) is 5.10 Å². The van der Waals surface area contributed by atoms with Crippen LogP contribution in [-0.2, 0) is 7.05 Å². The predicted octanol–water partition coefficient (Wildman–Crippen LogP) is 3.09. The average molecular weight is 375 g/mol. The molecule has 0 unspecified atom stereocenters. The molecule has 0 N–H and O–H groups in total. The van der Waals surface area contributed by atoms with Gasteiger partial charge in [0.15, 0.2) is 0 Å². The first kappa shape index (κ1) is 17.5. The van der Waals surface area contributed by atoms with E-state index in [-0.39, 0.29) is 17.5 Å². The number of thiophene rings is 1. The smallest absolute Gasteiger partial charge is 0.338 e. The van der Waals surface area contributed by atoms with Crippen LogP contribution in [0.1, 0.15) is 70.9 Å². The molecular weight excluding hydrogens is 348 g/mol. The maximum Gasteiger partial charge on any atom is 0.345 e. The van der Waals surface area contributed by atoms with Gasteiger partial charge in [0.1, 0.15) is 5.82 Å². The SMILES string of the molecule is Cc1ccc(C(=O)N2CCC(c3nn(C)c(=O)n3C3CCCC3)CC2)s1. The zero-order valence-electron chi connectivity index (χ0n) is 15.5. The van der Waals surface area contributed by atoms with Gasteiger partial charge in [-0.05, 0) is 44.7 Å². The number of carbonyl (C=O) groups is 1. The number of piperidine rings is 1. The first-order valence-corrected chi connectivity index (χ1v) is 10.4. The summed E-state index contributed by atoms with van der Waals surface area (Å²) in [6, 6.07) is 4.23. The molecule has 2 aliphatic rings. The number of aromatic nitrogens is 3. The second kappa shape index (κ2) is 7.02. The van der Waals surface area contributed by atoms with E-state index in [0.717, 1.165) is 54.4 Å². The third-order valence-corrected chi connectivity index (χ3v) is 6.76. The Balaban J connectivity index is 1.49. The lowest BCUT2D eigenvalue weighted by atomic mass is 9.95. The summed E-state index contributed by atoms with van der Waals surface area (Å²) in [7, 11) is 1.75. The van der Waals surface area contributed by atoms with Crippen molar-refractivity contribution in [3.05, 3.63) is 38.2 Å². The van der Waals surface area contributed by atoms with Gasteiger partial charge in [-0.25, -0.2) is 9.48 Å². The molecule has 0 atom stereocenters. The lowest BCUT2D eigenvalue weighted by Crippen LogP contribution is -2.38. The van der Waals surface area contributed by atoms with E-state index in [0.29, 0.717) is 6.04 Å². The third kappa shape index (κ3) is 3.13. The molecule has 0 spiro atoms. The maximum atomic E-state index is 12.7. The van der Waals surface area contributed by atoms with Crippen LogP contribution in [0.5, 0.6) is 0 Å². The van der Waals surface area contributed by atoms with Gasteiger partial charge >= 0.3 is 5.69 Å². The second-order valence-corrected chi connectivity index (χ2v) is 8.84. The summed E-state index contributed by atoms with van der Waals surface area (Å²) >= 11 is 1.56. The van der Waals surface area contributed by atoms with Crippen molar-refractivity contribution < 1.29 is 4.79 Å². The number of hydrogen-bond acceptors (Lipinski definition) is 4. The van der Waals surface area contributed by atoms with E-state index in [4.69, 9.17) is 0 Å². The van der Waals surface area contributed by atoms with E-state index in [2.05, 4.69) is 5.10 Å². The third-order valence-electron chi connectivity index (χ3n) is 5.77. The molecule has 2 fully saturated rings. The van der Waals surface area contributed by atoms with Crippen molar-refractivity contribution in [2.75, 3.05) is 13.1 Å². The van der Waals surface area contributed by atoms with Gasteiger partial charge in [0.25, 0.3) is 5.91 Å². The van der Waals surface area contributed by atoms with Gasteiger partial charge in [0, 0.05) is 37.0 Å². The molecule has 6 nitrogen and oxygen atoms in total. The minimum atomic E-state index is 0.0134. The fraction of sp³-hybridized carbons (Fsp3) is 0.632. The Labute approximate surface area is 157 Å². The summed E-state index contributed by atoms with van der Waals surface area (Å²) < 4.78 is 3.44. The number of carbonyl (C=O) groups excluding carboxylic acids is 1. The summed E-state index contributed by atoms with van der Waals surface area (Å²) in [5.41, 5.74) is 0.0134. The van der Waals surface area contributed by atoms with Crippen LogP contribution in [0.3, 0.4) is 0 Å². The Hall–Kier alpha value is -1.89. The normalized spacial score (nSPS) is 19.4. The molecule has 7 heteroatoms. The molecule has 2 aromatic rings. The second-order valence-electron chi connectivity index (χ2n) is 7.55. The molecule has 1 amide bonds. The summed E-state index contributed by atoms with van der Waals surface area (Å²) in [4.78, 5) is 29.2. The summed E-state index contributed by atoms with van der Waals surface area (Å²) in [5, 5.41) is 4.58. The maximum absolute atomic E-state index is 12.7. The minimum absolute atomic E-state index is 0.0134. The zero-order valence-corrected chi connectivity index (χ0v) is 16.3. The zero-order chi connectivity index (χ0) is 18.3. The molecule has 1 saturated carbocycles. The Morgan fingerprint density at radius 2 is 1.85 bits per heavy atom. The van der Waals surface area contributed by atoms with E-state index >= 15 is 0 Å². The minimum Gasteiger partial charge on any atom is -0.338 e. The van der Waals surface area contributed by atoms with Crippen LogP contribution in [0.4, 0.5) is 0 Å². The number of hydrogen-bond donors (Lipinski definition) is 0. The Bertz CT molecular complexity index is 851. The van der Waals surface area contributed by atoms with Gasteiger partial charge in [0.2, 0.25) is 0 Å². The lowest BCUT2D eigenvalue weighted by Gasteiger charge is -2.31. The molecule has 1 aliphatic heterocycles. The van der Waals surface area contributed by atoms with Gasteiger partial charge in [-0.3, -0.25) is 9.36 Å². The highest BCUT2D eigenvalue weighted by atomic mass is 32.1. The van der Waals surface area contributed by atoms with Gasteiger partial charge in [0.05, 0.1) is 4.88 Å². The van der Waals surface area contributed by atoms with Crippen molar-refractivity contribution in [3.8, 4) is 0 Å². The van der Waals surface area contributed by atoms with Crippen LogP contribution in [-0.4, -0.2) is 38.2 Å². The monoisotopic (exact) mass is 374 g/mol. The van der Waals surface area contributed by atoms with Crippen molar-refractivity contribution >= 4 is 17.2 Å². The molecule has 140 valence electrons. The molecule has 4 rings (SSSR count). The summed E-state index contributed by atoms with van der Waals surface area (Å²) in [6.07, 6.45) is 6.29. The van der Waals surface area contributed by atoms with E-state index in [1.165, 1.54) is 17.5 Å². The largest absolute Gasteiger partial charge is 0.345 e. The Morgan fingerprint density at radius 3 is 2.46 bits per heavy atom. The summed E-state index contributed by atoms with van der Waals surface area (Å²) in [6.45, 7) is 3.49. The first-order valence-electron chi connectivity index (χ1n) is 9.55. The quantitative estimate of drug-likeness (QED) is 0.829. The molecule has 0 bridgehead atoms. The predicted molar refractivity (Wildman–Crippen MR) is 102 cm³/mol.